The predicted molar refractivity (Wildman–Crippen MR) is 167 cm³/mol. The molecule has 1 heteroatoms. The molecule has 0 saturated heterocycles. The molecule has 5 rings (SSSR count). The fourth-order valence-corrected chi connectivity index (χ4v) is 6.82. The second-order valence-corrected chi connectivity index (χ2v) is 11.7. The van der Waals surface area contributed by atoms with E-state index in [0.717, 1.165) is 19.3 Å². The summed E-state index contributed by atoms with van der Waals surface area (Å²) < 4.78 is 0. The summed E-state index contributed by atoms with van der Waals surface area (Å²) in [4.78, 5) is 0. The highest BCUT2D eigenvalue weighted by molar-refractivity contribution is 6.64. The number of aryl methyl sites for hydroxylation is 2. The lowest BCUT2D eigenvalue weighted by Crippen LogP contribution is -2.20. The van der Waals surface area contributed by atoms with Crippen molar-refractivity contribution in [3.8, 4) is 22.3 Å². The molecular formula is C37H38Si. The molecule has 38 heavy (non-hydrogen) atoms. The molecule has 0 N–H and O–H groups in total. The molecule has 1 aliphatic rings. The third-order valence-electron chi connectivity index (χ3n) is 7.51. The van der Waals surface area contributed by atoms with Crippen LogP contribution >= 0.6 is 0 Å². The van der Waals surface area contributed by atoms with Gasteiger partial charge in [0.05, 0.1) is 0 Å². The van der Waals surface area contributed by atoms with E-state index < -0.39 is 0 Å². The Morgan fingerprint density at radius 2 is 1.24 bits per heavy atom. The smallest absolute Gasteiger partial charge is 0.0802 e. The Hall–Kier alpha value is -3.42. The van der Waals surface area contributed by atoms with Gasteiger partial charge in [-0.3, -0.25) is 0 Å². The fourth-order valence-electron chi connectivity index (χ4n) is 5.33. The molecule has 0 fully saturated rings. The van der Waals surface area contributed by atoms with Crippen LogP contribution in [0.25, 0.3) is 27.8 Å². The van der Waals surface area contributed by atoms with Crippen molar-refractivity contribution in [2.75, 3.05) is 0 Å². The number of benzene rings is 4. The minimum absolute atomic E-state index is 0.642. The van der Waals surface area contributed by atoms with Crippen LogP contribution in [0.5, 0.6) is 0 Å². The molecule has 0 nitrogen and oxygen atoms in total. The lowest BCUT2D eigenvalue weighted by Gasteiger charge is -2.18. The largest absolute Gasteiger partial charge is 0.117 e. The summed E-state index contributed by atoms with van der Waals surface area (Å²) in [5, 5.41) is 2.97. The molecule has 4 aromatic rings. The summed E-state index contributed by atoms with van der Waals surface area (Å²) in [5.41, 5.74) is 11.0. The normalized spacial score (nSPS) is 12.9. The number of allylic oxidation sites excluding steroid dienone is 4. The number of hydrogen-bond donors (Lipinski definition) is 0. The van der Waals surface area contributed by atoms with E-state index in [2.05, 4.69) is 123 Å². The van der Waals surface area contributed by atoms with E-state index in [9.17, 15) is 0 Å². The Morgan fingerprint density at radius 1 is 0.605 bits per heavy atom. The average Bonchev–Trinajstić information content (AvgIpc) is 3.44. The molecule has 0 bridgehead atoms. The van der Waals surface area contributed by atoms with Crippen molar-refractivity contribution in [1.82, 2.24) is 0 Å². The molecular weight excluding hydrogens is 472 g/mol. The summed E-state index contributed by atoms with van der Waals surface area (Å²) in [6.07, 6.45) is 13.0. The minimum atomic E-state index is 0.642. The predicted octanol–water partition coefficient (Wildman–Crippen LogP) is 9.41. The molecule has 0 amide bonds. The Kier molecular flexibility index (Phi) is 8.89. The second kappa shape index (κ2) is 12.9. The highest BCUT2D eigenvalue weighted by Crippen LogP contribution is 2.33. The minimum Gasteiger partial charge on any atom is -0.0802 e. The highest BCUT2D eigenvalue weighted by Gasteiger charge is 2.18. The van der Waals surface area contributed by atoms with Gasteiger partial charge in [0.15, 0.2) is 0 Å². The molecule has 0 unspecified atom stereocenters. The molecule has 4 aromatic carbocycles. The van der Waals surface area contributed by atoms with E-state index in [4.69, 9.17) is 0 Å². The van der Waals surface area contributed by atoms with Crippen molar-refractivity contribution in [1.29, 1.82) is 0 Å². The van der Waals surface area contributed by atoms with Crippen LogP contribution < -0.4 is 5.19 Å². The zero-order valence-electron chi connectivity index (χ0n) is 22.8. The van der Waals surface area contributed by atoms with Crippen LogP contribution in [0.4, 0.5) is 0 Å². The van der Waals surface area contributed by atoms with Crippen molar-refractivity contribution in [3.63, 3.8) is 0 Å². The first kappa shape index (κ1) is 26.2. The van der Waals surface area contributed by atoms with Crippen LogP contribution in [0, 0.1) is 0 Å². The average molecular weight is 511 g/mol. The maximum Gasteiger partial charge on any atom is 0.117 e. The van der Waals surface area contributed by atoms with Crippen molar-refractivity contribution < 1.29 is 0 Å². The zero-order chi connectivity index (χ0) is 26.2. The molecule has 0 aliphatic heterocycles. The van der Waals surface area contributed by atoms with E-state index in [0.29, 0.717) is 9.52 Å². The first-order valence-electron chi connectivity index (χ1n) is 14.3. The molecule has 190 valence electrons. The molecule has 1 aliphatic carbocycles. The SMILES string of the molecule is CCCCc1ccc(-c2cccc([Si]C3=C(c4ccccc4)C=CC3)c2-c2ccc(CCCC)cc2)cc1. The topological polar surface area (TPSA) is 0 Å². The van der Waals surface area contributed by atoms with Crippen molar-refractivity contribution >= 4 is 20.3 Å². The third kappa shape index (κ3) is 6.17. The van der Waals surface area contributed by atoms with E-state index in [-0.39, 0.29) is 0 Å². The first-order valence-corrected chi connectivity index (χ1v) is 15.3. The Morgan fingerprint density at radius 3 is 1.87 bits per heavy atom. The Balaban J connectivity index is 1.56. The van der Waals surface area contributed by atoms with Crippen molar-refractivity contribution in [2.24, 2.45) is 0 Å². The van der Waals surface area contributed by atoms with Gasteiger partial charge in [-0.15, -0.1) is 0 Å². The van der Waals surface area contributed by atoms with E-state index in [1.807, 2.05) is 0 Å². The quantitative estimate of drug-likeness (QED) is 0.176. The van der Waals surface area contributed by atoms with Gasteiger partial charge in [-0.25, -0.2) is 0 Å². The van der Waals surface area contributed by atoms with Gasteiger partial charge in [0.25, 0.3) is 0 Å². The summed E-state index contributed by atoms with van der Waals surface area (Å²) in [6.45, 7) is 4.53. The number of rotatable bonds is 11. The summed E-state index contributed by atoms with van der Waals surface area (Å²) >= 11 is 0. The summed E-state index contributed by atoms with van der Waals surface area (Å²) in [6, 6.07) is 36.5. The lowest BCUT2D eigenvalue weighted by molar-refractivity contribution is 0.795. The van der Waals surface area contributed by atoms with Gasteiger partial charge in [0.1, 0.15) is 9.52 Å². The van der Waals surface area contributed by atoms with E-state index >= 15 is 0 Å². The maximum atomic E-state index is 2.35. The van der Waals surface area contributed by atoms with Gasteiger partial charge in [0.2, 0.25) is 0 Å². The number of hydrogen-bond acceptors (Lipinski definition) is 0. The van der Waals surface area contributed by atoms with Gasteiger partial charge in [-0.1, -0.05) is 146 Å². The first-order chi connectivity index (χ1) is 18.8. The summed E-state index contributed by atoms with van der Waals surface area (Å²) in [7, 11) is 0.642. The Bertz CT molecular complexity index is 1390. The molecule has 0 atom stereocenters. The standard InChI is InChI=1S/C37H38Si/c1-3-5-12-28-20-24-31(25-21-28)34-17-11-19-36(37(34)32-26-22-29(23-27-32)13-6-4-2)38-35-18-10-16-33(35)30-14-8-7-9-15-30/h7-11,14-17,19-27H,3-6,12-13,18H2,1-2H3. The highest BCUT2D eigenvalue weighted by atomic mass is 28.2. The molecule has 0 saturated carbocycles. The van der Waals surface area contributed by atoms with Gasteiger partial charge in [-0.05, 0) is 76.6 Å². The fraction of sp³-hybridized carbons (Fsp3) is 0.243. The summed E-state index contributed by atoms with van der Waals surface area (Å²) in [5.74, 6) is 0. The maximum absolute atomic E-state index is 2.35. The molecule has 2 radical (unpaired) electrons. The monoisotopic (exact) mass is 510 g/mol. The van der Waals surface area contributed by atoms with Crippen LogP contribution in [0.1, 0.15) is 62.6 Å². The van der Waals surface area contributed by atoms with Crippen LogP contribution in [-0.4, -0.2) is 9.52 Å². The third-order valence-corrected chi connectivity index (χ3v) is 8.97. The van der Waals surface area contributed by atoms with Crippen molar-refractivity contribution in [2.45, 2.75) is 58.8 Å². The van der Waals surface area contributed by atoms with Gasteiger partial charge in [-0.2, -0.15) is 0 Å². The van der Waals surface area contributed by atoms with Crippen molar-refractivity contribution in [3.05, 3.63) is 131 Å². The van der Waals surface area contributed by atoms with Crippen LogP contribution in [0.2, 0.25) is 0 Å². The second-order valence-electron chi connectivity index (χ2n) is 10.3. The van der Waals surface area contributed by atoms with Gasteiger partial charge in [0, 0.05) is 0 Å². The molecule has 0 aromatic heterocycles. The zero-order valence-corrected chi connectivity index (χ0v) is 23.8. The van der Waals surface area contributed by atoms with Gasteiger partial charge < -0.3 is 0 Å². The molecule has 0 spiro atoms. The van der Waals surface area contributed by atoms with Crippen LogP contribution in [0.3, 0.4) is 0 Å². The Labute approximate surface area is 232 Å². The van der Waals surface area contributed by atoms with Crippen LogP contribution in [-0.2, 0) is 12.8 Å². The lowest BCUT2D eigenvalue weighted by atomic mass is 9.92. The van der Waals surface area contributed by atoms with E-state index in [1.165, 1.54) is 80.6 Å². The molecule has 0 heterocycles. The number of unbranched alkanes of at least 4 members (excludes halogenated alkanes) is 2. The van der Waals surface area contributed by atoms with Crippen LogP contribution in [0.15, 0.2) is 114 Å². The van der Waals surface area contributed by atoms with Gasteiger partial charge >= 0.3 is 0 Å². The van der Waals surface area contributed by atoms with E-state index in [1.54, 1.807) is 0 Å².